The molecule has 3 aliphatic rings. The van der Waals surface area contributed by atoms with Gasteiger partial charge in [-0.15, -0.1) is 0 Å². The maximum absolute atomic E-state index is 5.15. The van der Waals surface area contributed by atoms with Crippen LogP contribution in [0.15, 0.2) is 36.5 Å². The summed E-state index contributed by atoms with van der Waals surface area (Å²) in [4.78, 5) is 15.1. The van der Waals surface area contributed by atoms with Gasteiger partial charge in [0, 0.05) is 37.6 Å². The van der Waals surface area contributed by atoms with Gasteiger partial charge in [0.25, 0.3) is 0 Å². The van der Waals surface area contributed by atoms with Crippen molar-refractivity contribution >= 4 is 11.5 Å². The normalized spacial score (nSPS) is 26.6. The Bertz CT molecular complexity index is 1120. The van der Waals surface area contributed by atoms with Crippen LogP contribution in [0.4, 0.5) is 5.82 Å². The number of rotatable bonds is 3. The molecule has 3 aromatic rings. The minimum atomic E-state index is 0.273. The molecule has 6 rings (SSSR count). The second-order valence-electron chi connectivity index (χ2n) is 9.85. The zero-order chi connectivity index (χ0) is 21.7. The molecule has 1 unspecified atom stereocenters. The molecule has 1 N–H and O–H groups in total. The Morgan fingerprint density at radius 3 is 2.66 bits per heavy atom. The number of nitrogens with one attached hydrogen (secondary N) is 1. The molecule has 3 atom stereocenters. The van der Waals surface area contributed by atoms with Gasteiger partial charge in [0.1, 0.15) is 11.5 Å². The zero-order valence-corrected chi connectivity index (χ0v) is 19.3. The molecule has 3 aromatic heterocycles. The van der Waals surface area contributed by atoms with E-state index in [1.165, 1.54) is 60.8 Å². The monoisotopic (exact) mass is 430 g/mol. The van der Waals surface area contributed by atoms with Gasteiger partial charge in [-0.25, -0.2) is 4.98 Å². The van der Waals surface area contributed by atoms with Crippen LogP contribution in [0.25, 0.3) is 5.65 Å². The molecule has 0 bridgehead atoms. The van der Waals surface area contributed by atoms with Crippen molar-refractivity contribution in [3.05, 3.63) is 59.2 Å². The van der Waals surface area contributed by atoms with Crippen molar-refractivity contribution in [2.45, 2.75) is 64.1 Å². The molecule has 3 aliphatic heterocycles. The number of hydrogen-bond acceptors (Lipinski definition) is 5. The number of imidazole rings is 1. The Labute approximate surface area is 190 Å². The van der Waals surface area contributed by atoms with E-state index >= 15 is 0 Å². The van der Waals surface area contributed by atoms with Crippen LogP contribution in [-0.2, 0) is 0 Å². The van der Waals surface area contributed by atoms with Crippen molar-refractivity contribution in [2.24, 2.45) is 0 Å². The van der Waals surface area contributed by atoms with E-state index in [0.717, 1.165) is 31.6 Å². The third kappa shape index (κ3) is 3.41. The predicted octanol–water partition coefficient (Wildman–Crippen LogP) is 4.19. The smallest absolute Gasteiger partial charge is 0.138 e. The van der Waals surface area contributed by atoms with Gasteiger partial charge in [-0.05, 0) is 76.3 Å². The molecule has 32 heavy (non-hydrogen) atoms. The molecular formula is C26H34N6. The van der Waals surface area contributed by atoms with Gasteiger partial charge in [0.15, 0.2) is 0 Å². The van der Waals surface area contributed by atoms with E-state index < -0.39 is 0 Å². The summed E-state index contributed by atoms with van der Waals surface area (Å²) in [6, 6.07) is 12.1. The molecule has 3 saturated heterocycles. The number of piperidine rings is 1. The third-order valence-corrected chi connectivity index (χ3v) is 7.90. The van der Waals surface area contributed by atoms with E-state index in [4.69, 9.17) is 9.97 Å². The van der Waals surface area contributed by atoms with Crippen molar-refractivity contribution in [3.8, 4) is 0 Å². The van der Waals surface area contributed by atoms with E-state index in [0.29, 0.717) is 12.1 Å². The summed E-state index contributed by atoms with van der Waals surface area (Å²) in [6.07, 6.45) is 8.06. The van der Waals surface area contributed by atoms with Crippen LogP contribution in [0, 0.1) is 13.8 Å². The maximum Gasteiger partial charge on any atom is 0.138 e. The molecule has 6 heteroatoms. The number of pyridine rings is 2. The Morgan fingerprint density at radius 2 is 1.78 bits per heavy atom. The molecule has 0 aliphatic carbocycles. The van der Waals surface area contributed by atoms with Crippen LogP contribution in [0.3, 0.4) is 0 Å². The first-order valence-electron chi connectivity index (χ1n) is 12.3. The highest BCUT2D eigenvalue weighted by molar-refractivity contribution is 5.55. The number of hydrogen-bond donors (Lipinski definition) is 1. The zero-order valence-electron chi connectivity index (χ0n) is 19.3. The summed E-state index contributed by atoms with van der Waals surface area (Å²) in [5.41, 5.74) is 6.01. The fraction of sp³-hybridized carbons (Fsp3) is 0.538. The minimum absolute atomic E-state index is 0.273. The number of aromatic nitrogens is 3. The highest BCUT2D eigenvalue weighted by atomic mass is 15.3. The lowest BCUT2D eigenvalue weighted by Gasteiger charge is -2.39. The summed E-state index contributed by atoms with van der Waals surface area (Å²) in [5.74, 6) is 1.30. The quantitative estimate of drug-likeness (QED) is 0.675. The van der Waals surface area contributed by atoms with E-state index in [-0.39, 0.29) is 6.04 Å². The highest BCUT2D eigenvalue weighted by Crippen LogP contribution is 2.35. The molecule has 0 amide bonds. The Kier molecular flexibility index (Phi) is 5.15. The summed E-state index contributed by atoms with van der Waals surface area (Å²) >= 11 is 0. The van der Waals surface area contributed by atoms with Crippen LogP contribution in [0.5, 0.6) is 0 Å². The topological polar surface area (TPSA) is 48.7 Å². The van der Waals surface area contributed by atoms with Gasteiger partial charge in [-0.1, -0.05) is 12.1 Å². The minimum Gasteiger partial charge on any atom is -0.355 e. The molecule has 0 aromatic carbocycles. The third-order valence-electron chi connectivity index (χ3n) is 7.90. The van der Waals surface area contributed by atoms with Gasteiger partial charge in [-0.2, -0.15) is 0 Å². The largest absolute Gasteiger partial charge is 0.355 e. The summed E-state index contributed by atoms with van der Waals surface area (Å²) in [7, 11) is 0. The average molecular weight is 431 g/mol. The Hall–Kier alpha value is -2.44. The molecule has 0 radical (unpaired) electrons. The maximum atomic E-state index is 5.15. The van der Waals surface area contributed by atoms with Crippen LogP contribution in [0.1, 0.15) is 66.8 Å². The first-order chi connectivity index (χ1) is 15.7. The van der Waals surface area contributed by atoms with Crippen LogP contribution in [0.2, 0.25) is 0 Å². The second kappa shape index (κ2) is 8.16. The predicted molar refractivity (Wildman–Crippen MR) is 128 cm³/mol. The van der Waals surface area contributed by atoms with E-state index in [1.807, 2.05) is 12.3 Å². The van der Waals surface area contributed by atoms with Crippen LogP contribution in [-0.4, -0.2) is 51.5 Å². The van der Waals surface area contributed by atoms with Crippen molar-refractivity contribution in [3.63, 3.8) is 0 Å². The summed E-state index contributed by atoms with van der Waals surface area (Å²) in [5, 5.41) is 3.90. The summed E-state index contributed by atoms with van der Waals surface area (Å²) in [6.45, 7) is 9.11. The molecule has 0 spiro atoms. The summed E-state index contributed by atoms with van der Waals surface area (Å²) < 4.78 is 2.40. The molecular weight excluding hydrogens is 396 g/mol. The molecule has 6 heterocycles. The van der Waals surface area contributed by atoms with Crippen molar-refractivity contribution in [1.82, 2.24) is 24.6 Å². The average Bonchev–Trinajstić information content (AvgIpc) is 3.43. The molecule has 0 saturated carbocycles. The first kappa shape index (κ1) is 20.2. The standard InChI is InChI=1S/C26H34N6/c1-18-7-5-13-27-25(18)21-9-3-10-22(28-21)26-19(2)32-23(29-26)11-4-12-24(32)31-16-15-30-14-6-8-20(30)17-31/h4-5,7,11-13,20-22,28H,3,6,8-10,14-17H2,1-2H3/t20?,21-,22+/m0/s1. The van der Waals surface area contributed by atoms with Crippen LogP contribution < -0.4 is 10.2 Å². The molecule has 168 valence electrons. The van der Waals surface area contributed by atoms with Crippen molar-refractivity contribution < 1.29 is 0 Å². The van der Waals surface area contributed by atoms with Gasteiger partial charge in [-0.3, -0.25) is 14.3 Å². The molecule has 3 fully saturated rings. The van der Waals surface area contributed by atoms with E-state index in [1.54, 1.807) is 0 Å². The van der Waals surface area contributed by atoms with Gasteiger partial charge < -0.3 is 10.2 Å². The van der Waals surface area contributed by atoms with Crippen molar-refractivity contribution in [1.29, 1.82) is 0 Å². The van der Waals surface area contributed by atoms with Gasteiger partial charge in [0.05, 0.1) is 23.5 Å². The fourth-order valence-corrected chi connectivity index (χ4v) is 6.24. The number of aryl methyl sites for hydroxylation is 2. The molecule has 6 nitrogen and oxygen atoms in total. The lowest BCUT2D eigenvalue weighted by molar-refractivity contribution is 0.230. The lowest BCUT2D eigenvalue weighted by atomic mass is 9.92. The van der Waals surface area contributed by atoms with Gasteiger partial charge >= 0.3 is 0 Å². The lowest BCUT2D eigenvalue weighted by Crippen LogP contribution is -2.50. The van der Waals surface area contributed by atoms with Crippen molar-refractivity contribution in [2.75, 3.05) is 31.1 Å². The number of piperazine rings is 1. The van der Waals surface area contributed by atoms with Crippen LogP contribution >= 0.6 is 0 Å². The highest BCUT2D eigenvalue weighted by Gasteiger charge is 2.32. The number of fused-ring (bicyclic) bond motifs is 2. The van der Waals surface area contributed by atoms with E-state index in [9.17, 15) is 0 Å². The SMILES string of the molecule is Cc1cccnc1[C@@H]1CCC[C@H](c2nc3cccc(N4CCN5CCCC5C4)n3c2C)N1. The Balaban J connectivity index is 1.31. The first-order valence-corrected chi connectivity index (χ1v) is 12.3. The Morgan fingerprint density at radius 1 is 0.906 bits per heavy atom. The van der Waals surface area contributed by atoms with Gasteiger partial charge in [0.2, 0.25) is 0 Å². The second-order valence-corrected chi connectivity index (χ2v) is 9.85. The number of anilines is 1. The number of nitrogens with zero attached hydrogens (tertiary/aromatic N) is 5. The van der Waals surface area contributed by atoms with E-state index in [2.05, 4.69) is 57.6 Å². The fourth-order valence-electron chi connectivity index (χ4n) is 6.24.